The summed E-state index contributed by atoms with van der Waals surface area (Å²) < 4.78 is 11.0. The summed E-state index contributed by atoms with van der Waals surface area (Å²) in [7, 11) is 0. The molecule has 0 fully saturated rings. The van der Waals surface area contributed by atoms with Gasteiger partial charge in [-0.1, -0.05) is 45.9 Å². The molecule has 0 saturated carbocycles. The lowest BCUT2D eigenvalue weighted by Gasteiger charge is -2.26. The molecule has 3 rings (SSSR count). The first-order valence-electron chi connectivity index (χ1n) is 8.94. The maximum Gasteiger partial charge on any atom is 0.405 e. The Morgan fingerprint density at radius 3 is 2.62 bits per heavy atom. The molecule has 5 heteroatoms. The second-order valence-corrected chi connectivity index (χ2v) is 7.99. The van der Waals surface area contributed by atoms with Crippen LogP contribution in [0.4, 0.5) is 4.79 Å². The number of nitrogens with two attached hydrogens (primary N) is 1. The van der Waals surface area contributed by atoms with Crippen molar-refractivity contribution in [2.75, 3.05) is 6.61 Å². The quantitative estimate of drug-likeness (QED) is 0.858. The van der Waals surface area contributed by atoms with E-state index >= 15 is 0 Å². The second-order valence-electron chi connectivity index (χ2n) is 7.99. The molecule has 138 valence electrons. The predicted octanol–water partition coefficient (Wildman–Crippen LogP) is 4.50. The van der Waals surface area contributed by atoms with Crippen LogP contribution < -0.4 is 10.5 Å². The smallest absolute Gasteiger partial charge is 0.405 e. The van der Waals surface area contributed by atoms with Gasteiger partial charge in [-0.15, -0.1) is 0 Å². The van der Waals surface area contributed by atoms with Crippen LogP contribution in [0.1, 0.15) is 44.9 Å². The van der Waals surface area contributed by atoms with Crippen molar-refractivity contribution in [2.24, 2.45) is 17.1 Å². The minimum absolute atomic E-state index is 0.178. The number of carbonyl (C=O) groups excluding carboxylic acids is 1. The molecule has 2 N–H and O–H groups in total. The minimum atomic E-state index is -0.735. The van der Waals surface area contributed by atoms with Crippen molar-refractivity contribution in [1.82, 2.24) is 4.98 Å². The van der Waals surface area contributed by atoms with Crippen LogP contribution in [0.25, 0.3) is 11.1 Å². The van der Waals surface area contributed by atoms with Gasteiger partial charge in [0.2, 0.25) is 5.88 Å². The Morgan fingerprint density at radius 1 is 1.27 bits per heavy atom. The summed E-state index contributed by atoms with van der Waals surface area (Å²) >= 11 is 0. The van der Waals surface area contributed by atoms with Crippen molar-refractivity contribution in [1.29, 1.82) is 0 Å². The molecule has 0 saturated heterocycles. The van der Waals surface area contributed by atoms with Crippen molar-refractivity contribution in [3.63, 3.8) is 0 Å². The predicted molar refractivity (Wildman–Crippen MR) is 101 cm³/mol. The van der Waals surface area contributed by atoms with Gasteiger partial charge in [-0.2, -0.15) is 0 Å². The number of hydrogen-bond acceptors (Lipinski definition) is 4. The average molecular weight is 354 g/mol. The fourth-order valence-corrected chi connectivity index (χ4v) is 3.43. The number of pyridine rings is 1. The van der Waals surface area contributed by atoms with Gasteiger partial charge in [0.15, 0.2) is 0 Å². The van der Waals surface area contributed by atoms with Gasteiger partial charge < -0.3 is 15.2 Å². The molecule has 5 nitrogen and oxygen atoms in total. The Hall–Kier alpha value is -2.56. The van der Waals surface area contributed by atoms with E-state index in [1.165, 1.54) is 5.56 Å². The first-order chi connectivity index (χ1) is 12.3. The molecule has 0 aliphatic heterocycles. The molecule has 1 aliphatic carbocycles. The van der Waals surface area contributed by atoms with Gasteiger partial charge in [0.25, 0.3) is 0 Å². The van der Waals surface area contributed by atoms with E-state index in [0.29, 0.717) is 18.4 Å². The summed E-state index contributed by atoms with van der Waals surface area (Å²) in [5.74, 6) is 1.10. The zero-order valence-corrected chi connectivity index (χ0v) is 15.8. The van der Waals surface area contributed by atoms with Gasteiger partial charge in [-0.3, -0.25) is 0 Å². The molecule has 2 aromatic rings. The van der Waals surface area contributed by atoms with Gasteiger partial charge in [-0.25, -0.2) is 9.78 Å². The third-order valence-corrected chi connectivity index (χ3v) is 4.65. The average Bonchev–Trinajstić information content (AvgIpc) is 2.82. The number of hydrogen-bond donors (Lipinski definition) is 1. The van der Waals surface area contributed by atoms with Crippen LogP contribution in [-0.2, 0) is 11.2 Å². The van der Waals surface area contributed by atoms with Gasteiger partial charge >= 0.3 is 6.09 Å². The first-order valence-corrected chi connectivity index (χ1v) is 8.94. The molecule has 1 unspecified atom stereocenters. The normalized spacial score (nSPS) is 17.8. The van der Waals surface area contributed by atoms with E-state index < -0.39 is 6.09 Å². The number of ether oxygens (including phenoxy) is 2. The molecule has 1 atom stereocenters. The fraction of sp³-hybridized carbons (Fsp3) is 0.429. The van der Waals surface area contributed by atoms with E-state index in [1.54, 1.807) is 0 Å². The zero-order valence-electron chi connectivity index (χ0n) is 15.8. The summed E-state index contributed by atoms with van der Waals surface area (Å²) in [6.45, 7) is 9.04. The van der Waals surface area contributed by atoms with Crippen molar-refractivity contribution >= 4 is 6.09 Å². The van der Waals surface area contributed by atoms with Crippen LogP contribution in [-0.4, -0.2) is 17.7 Å². The summed E-state index contributed by atoms with van der Waals surface area (Å²) in [5.41, 5.74) is 9.39. The van der Waals surface area contributed by atoms with Crippen molar-refractivity contribution in [2.45, 2.75) is 40.2 Å². The number of amides is 1. The molecule has 1 amide bonds. The molecular formula is C21H26N2O3. The van der Waals surface area contributed by atoms with Gasteiger partial charge in [0.1, 0.15) is 6.10 Å². The lowest BCUT2D eigenvalue weighted by atomic mass is 9.87. The van der Waals surface area contributed by atoms with E-state index in [9.17, 15) is 4.79 Å². The third kappa shape index (κ3) is 3.82. The zero-order chi connectivity index (χ0) is 18.9. The van der Waals surface area contributed by atoms with Crippen molar-refractivity contribution < 1.29 is 14.3 Å². The van der Waals surface area contributed by atoms with Crippen molar-refractivity contribution in [3.8, 4) is 17.0 Å². The Labute approximate surface area is 154 Å². The minimum Gasteiger partial charge on any atom is -0.477 e. The molecule has 0 radical (unpaired) electrons. The highest BCUT2D eigenvalue weighted by Crippen LogP contribution is 2.48. The SMILES string of the molecule is CC(C)COc1ccc(-c2ccc3c(c2)CC(C)(C)C3OC(N)=O)cn1. The van der Waals surface area contributed by atoms with Crippen LogP contribution in [0.2, 0.25) is 0 Å². The van der Waals surface area contributed by atoms with Crippen LogP contribution in [0.5, 0.6) is 5.88 Å². The molecule has 1 aromatic heterocycles. The van der Waals surface area contributed by atoms with Crippen LogP contribution in [0.15, 0.2) is 36.5 Å². The molecule has 1 aromatic carbocycles. The van der Waals surface area contributed by atoms with Crippen LogP contribution >= 0.6 is 0 Å². The number of benzene rings is 1. The van der Waals surface area contributed by atoms with E-state index in [0.717, 1.165) is 23.1 Å². The number of carbonyl (C=O) groups is 1. The monoisotopic (exact) mass is 354 g/mol. The van der Waals surface area contributed by atoms with Crippen LogP contribution in [0.3, 0.4) is 0 Å². The molecular weight excluding hydrogens is 328 g/mol. The highest BCUT2D eigenvalue weighted by atomic mass is 16.6. The Kier molecular flexibility index (Phi) is 4.90. The van der Waals surface area contributed by atoms with E-state index in [2.05, 4.69) is 38.7 Å². The lowest BCUT2D eigenvalue weighted by molar-refractivity contribution is 0.0392. The maximum atomic E-state index is 11.2. The first kappa shape index (κ1) is 18.2. The highest BCUT2D eigenvalue weighted by molar-refractivity contribution is 5.67. The number of aromatic nitrogens is 1. The number of nitrogens with zero attached hydrogens (tertiary/aromatic N) is 1. The lowest BCUT2D eigenvalue weighted by Crippen LogP contribution is -2.25. The number of fused-ring (bicyclic) bond motifs is 1. The molecule has 26 heavy (non-hydrogen) atoms. The summed E-state index contributed by atoms with van der Waals surface area (Å²) in [6.07, 6.45) is 1.61. The largest absolute Gasteiger partial charge is 0.477 e. The standard InChI is InChI=1S/C21H26N2O3/c1-13(2)12-25-18-8-6-15(11-23-18)14-5-7-17-16(9-14)10-21(3,4)19(17)26-20(22)24/h5-9,11,13,19H,10,12H2,1-4H3,(H2,22,24). The summed E-state index contributed by atoms with van der Waals surface area (Å²) in [5, 5.41) is 0. The molecule has 0 spiro atoms. The second kappa shape index (κ2) is 6.98. The maximum absolute atomic E-state index is 11.2. The summed E-state index contributed by atoms with van der Waals surface area (Å²) in [4.78, 5) is 15.6. The van der Waals surface area contributed by atoms with Crippen molar-refractivity contribution in [3.05, 3.63) is 47.7 Å². The van der Waals surface area contributed by atoms with Gasteiger partial charge in [0.05, 0.1) is 6.61 Å². The summed E-state index contributed by atoms with van der Waals surface area (Å²) in [6, 6.07) is 10.1. The topological polar surface area (TPSA) is 74.4 Å². The van der Waals surface area contributed by atoms with E-state index in [4.69, 9.17) is 15.2 Å². The van der Waals surface area contributed by atoms with E-state index in [-0.39, 0.29) is 11.5 Å². The third-order valence-electron chi connectivity index (χ3n) is 4.65. The Morgan fingerprint density at radius 2 is 2.00 bits per heavy atom. The van der Waals surface area contributed by atoms with Gasteiger partial charge in [0, 0.05) is 23.2 Å². The Bertz CT molecular complexity index is 797. The molecule has 0 bridgehead atoms. The highest BCUT2D eigenvalue weighted by Gasteiger charge is 2.41. The number of primary amides is 1. The molecule has 1 heterocycles. The Balaban J connectivity index is 1.83. The van der Waals surface area contributed by atoms with Gasteiger partial charge in [-0.05, 0) is 35.1 Å². The molecule has 1 aliphatic rings. The van der Waals surface area contributed by atoms with E-state index in [1.807, 2.05) is 30.5 Å². The van der Waals surface area contributed by atoms with Crippen LogP contribution in [0, 0.1) is 11.3 Å². The fourth-order valence-electron chi connectivity index (χ4n) is 3.43. The number of rotatable bonds is 5.